The van der Waals surface area contributed by atoms with Gasteiger partial charge in [-0.3, -0.25) is 4.79 Å². The molecule has 7 heteroatoms. The highest BCUT2D eigenvalue weighted by molar-refractivity contribution is 7.03. The molecule has 14 heavy (non-hydrogen) atoms. The Morgan fingerprint density at radius 1 is 1.64 bits per heavy atom. The number of hydrogen-bond donors (Lipinski definition) is 1. The Morgan fingerprint density at radius 2 is 2.29 bits per heavy atom. The molecule has 0 aromatic carbocycles. The summed E-state index contributed by atoms with van der Waals surface area (Å²) in [7, 11) is 1.42. The summed E-state index contributed by atoms with van der Waals surface area (Å²) in [4.78, 5) is 23.2. The first kappa shape index (κ1) is 10.6. The summed E-state index contributed by atoms with van der Waals surface area (Å²) in [5.41, 5.74) is 0.172. The van der Waals surface area contributed by atoms with Crippen molar-refractivity contribution in [2.75, 3.05) is 7.05 Å². The lowest BCUT2D eigenvalue weighted by molar-refractivity contribution is -0.141. The van der Waals surface area contributed by atoms with Crippen LogP contribution in [0.1, 0.15) is 17.4 Å². The third-order valence-electron chi connectivity index (χ3n) is 1.84. The smallest absolute Gasteiger partial charge is 0.326 e. The molecule has 0 aliphatic heterocycles. The van der Waals surface area contributed by atoms with Crippen molar-refractivity contribution in [1.29, 1.82) is 0 Å². The van der Waals surface area contributed by atoms with E-state index in [1.54, 1.807) is 0 Å². The molecule has 0 bridgehead atoms. The maximum Gasteiger partial charge on any atom is 0.326 e. The zero-order valence-corrected chi connectivity index (χ0v) is 8.48. The zero-order chi connectivity index (χ0) is 10.7. The SMILES string of the molecule is CC(C(=O)O)N(C)C(=O)c1csnn1. The molecule has 0 radical (unpaired) electrons. The van der Waals surface area contributed by atoms with E-state index in [9.17, 15) is 9.59 Å². The van der Waals surface area contributed by atoms with Gasteiger partial charge < -0.3 is 10.0 Å². The molecule has 0 saturated heterocycles. The van der Waals surface area contributed by atoms with Crippen LogP contribution in [-0.2, 0) is 4.79 Å². The Bertz CT molecular complexity index is 338. The quantitative estimate of drug-likeness (QED) is 0.772. The van der Waals surface area contributed by atoms with E-state index in [0.29, 0.717) is 0 Å². The summed E-state index contributed by atoms with van der Waals surface area (Å²) in [6.07, 6.45) is 0. The van der Waals surface area contributed by atoms with E-state index in [4.69, 9.17) is 5.11 Å². The van der Waals surface area contributed by atoms with Crippen molar-refractivity contribution >= 4 is 23.4 Å². The summed E-state index contributed by atoms with van der Waals surface area (Å²) >= 11 is 1.05. The van der Waals surface area contributed by atoms with E-state index in [1.807, 2.05) is 0 Å². The van der Waals surface area contributed by atoms with Gasteiger partial charge in [-0.15, -0.1) is 5.10 Å². The van der Waals surface area contributed by atoms with Gasteiger partial charge in [0.25, 0.3) is 5.91 Å². The Kier molecular flexibility index (Phi) is 3.13. The molecular formula is C7H9N3O3S. The number of carbonyl (C=O) groups excluding carboxylic acids is 1. The second-order valence-corrected chi connectivity index (χ2v) is 3.33. The number of hydrogen-bond acceptors (Lipinski definition) is 5. The van der Waals surface area contributed by atoms with Gasteiger partial charge in [0.1, 0.15) is 6.04 Å². The maximum absolute atomic E-state index is 11.5. The number of likely N-dealkylation sites (N-methyl/N-ethyl adjacent to an activating group) is 1. The third-order valence-corrected chi connectivity index (χ3v) is 2.34. The minimum absolute atomic E-state index is 0.172. The van der Waals surface area contributed by atoms with Crippen molar-refractivity contribution in [3.8, 4) is 0 Å². The van der Waals surface area contributed by atoms with Crippen LogP contribution < -0.4 is 0 Å². The average Bonchev–Trinajstić information content (AvgIpc) is 2.67. The number of amides is 1. The summed E-state index contributed by atoms with van der Waals surface area (Å²) < 4.78 is 3.53. The first-order valence-electron chi connectivity index (χ1n) is 3.81. The Balaban J connectivity index is 2.76. The van der Waals surface area contributed by atoms with Gasteiger partial charge in [0.15, 0.2) is 5.69 Å². The predicted octanol–water partition coefficient (Wildman–Crippen LogP) is 0.0832. The molecule has 1 heterocycles. The molecule has 0 fully saturated rings. The van der Waals surface area contributed by atoms with Crippen LogP contribution in [0.4, 0.5) is 0 Å². The number of aromatic nitrogens is 2. The minimum Gasteiger partial charge on any atom is -0.480 e. The lowest BCUT2D eigenvalue weighted by Gasteiger charge is -2.19. The number of carbonyl (C=O) groups is 2. The molecule has 0 aliphatic carbocycles. The largest absolute Gasteiger partial charge is 0.480 e. The van der Waals surface area contributed by atoms with Crippen molar-refractivity contribution < 1.29 is 14.7 Å². The summed E-state index contributed by atoms with van der Waals surface area (Å²) in [5, 5.41) is 13.7. The van der Waals surface area contributed by atoms with E-state index < -0.39 is 17.9 Å². The first-order valence-corrected chi connectivity index (χ1v) is 4.64. The van der Waals surface area contributed by atoms with Crippen molar-refractivity contribution in [3.05, 3.63) is 11.1 Å². The number of carboxylic acids is 1. The number of nitrogens with zero attached hydrogens (tertiary/aromatic N) is 3. The average molecular weight is 215 g/mol. The van der Waals surface area contributed by atoms with Crippen molar-refractivity contribution in [1.82, 2.24) is 14.5 Å². The Hall–Kier alpha value is -1.50. The topological polar surface area (TPSA) is 83.4 Å². The summed E-state index contributed by atoms with van der Waals surface area (Å²) in [6.45, 7) is 1.43. The van der Waals surface area contributed by atoms with Gasteiger partial charge in [-0.05, 0) is 18.5 Å². The molecule has 6 nitrogen and oxygen atoms in total. The molecule has 1 unspecified atom stereocenters. The maximum atomic E-state index is 11.5. The van der Waals surface area contributed by atoms with Crippen LogP contribution in [0.15, 0.2) is 5.38 Å². The van der Waals surface area contributed by atoms with E-state index in [2.05, 4.69) is 9.59 Å². The highest BCUT2D eigenvalue weighted by atomic mass is 32.1. The van der Waals surface area contributed by atoms with Gasteiger partial charge in [0.2, 0.25) is 0 Å². The fraction of sp³-hybridized carbons (Fsp3) is 0.429. The number of rotatable bonds is 3. The second kappa shape index (κ2) is 4.14. The molecule has 0 aliphatic rings. The normalized spacial score (nSPS) is 12.1. The standard InChI is InChI=1S/C7H9N3O3S/c1-4(7(12)13)10(2)6(11)5-3-14-9-8-5/h3-4H,1-2H3,(H,12,13). The molecule has 1 aromatic rings. The lowest BCUT2D eigenvalue weighted by Crippen LogP contribution is -2.40. The fourth-order valence-electron chi connectivity index (χ4n) is 0.780. The predicted molar refractivity (Wildman–Crippen MR) is 49.1 cm³/mol. The molecule has 0 spiro atoms. The van der Waals surface area contributed by atoms with Crippen LogP contribution in [0.2, 0.25) is 0 Å². The molecule has 1 rings (SSSR count). The zero-order valence-electron chi connectivity index (χ0n) is 7.67. The van der Waals surface area contributed by atoms with Crippen molar-refractivity contribution in [2.45, 2.75) is 13.0 Å². The van der Waals surface area contributed by atoms with E-state index in [-0.39, 0.29) is 5.69 Å². The molecule has 1 aromatic heterocycles. The fourth-order valence-corrected chi connectivity index (χ4v) is 1.21. The van der Waals surface area contributed by atoms with Gasteiger partial charge in [0, 0.05) is 12.4 Å². The van der Waals surface area contributed by atoms with Gasteiger partial charge >= 0.3 is 5.97 Å². The van der Waals surface area contributed by atoms with Crippen LogP contribution in [0, 0.1) is 0 Å². The molecule has 1 N–H and O–H groups in total. The molecule has 0 saturated carbocycles. The van der Waals surface area contributed by atoms with Crippen LogP contribution in [0.25, 0.3) is 0 Å². The molecule has 76 valence electrons. The van der Waals surface area contributed by atoms with E-state index >= 15 is 0 Å². The monoisotopic (exact) mass is 215 g/mol. The van der Waals surface area contributed by atoms with Crippen LogP contribution in [0.3, 0.4) is 0 Å². The Morgan fingerprint density at radius 3 is 2.71 bits per heavy atom. The molecule has 1 atom stereocenters. The second-order valence-electron chi connectivity index (χ2n) is 2.72. The van der Waals surface area contributed by atoms with Gasteiger partial charge in [0.05, 0.1) is 0 Å². The van der Waals surface area contributed by atoms with Crippen molar-refractivity contribution in [3.63, 3.8) is 0 Å². The number of aliphatic carboxylic acids is 1. The van der Waals surface area contributed by atoms with Gasteiger partial charge in [-0.1, -0.05) is 4.49 Å². The third kappa shape index (κ3) is 2.05. The summed E-state index contributed by atoms with van der Waals surface area (Å²) in [5.74, 6) is -1.49. The molecular weight excluding hydrogens is 206 g/mol. The van der Waals surface area contributed by atoms with Crippen LogP contribution in [-0.4, -0.2) is 44.6 Å². The van der Waals surface area contributed by atoms with Crippen LogP contribution in [0.5, 0.6) is 0 Å². The van der Waals surface area contributed by atoms with Gasteiger partial charge in [-0.25, -0.2) is 4.79 Å². The highest BCUT2D eigenvalue weighted by Crippen LogP contribution is 2.05. The minimum atomic E-state index is -1.05. The van der Waals surface area contributed by atoms with Crippen molar-refractivity contribution in [2.24, 2.45) is 0 Å². The van der Waals surface area contributed by atoms with E-state index in [1.165, 1.54) is 19.4 Å². The molecule has 1 amide bonds. The summed E-state index contributed by atoms with van der Waals surface area (Å²) in [6, 6.07) is -0.871. The number of carboxylic acid groups (broad SMARTS) is 1. The Labute approximate surface area is 84.3 Å². The lowest BCUT2D eigenvalue weighted by atomic mass is 10.3. The van der Waals surface area contributed by atoms with Crippen LogP contribution >= 0.6 is 11.5 Å². The first-order chi connectivity index (χ1) is 6.54. The van der Waals surface area contributed by atoms with Gasteiger partial charge in [-0.2, -0.15) is 0 Å². The van der Waals surface area contributed by atoms with E-state index in [0.717, 1.165) is 16.4 Å². The highest BCUT2D eigenvalue weighted by Gasteiger charge is 2.23.